The number of aryl methyl sites for hydroxylation is 1. The summed E-state index contributed by atoms with van der Waals surface area (Å²) in [6.07, 6.45) is 8.49. The van der Waals surface area contributed by atoms with Crippen molar-refractivity contribution in [3.05, 3.63) is 59.1 Å². The number of aromatic nitrogens is 1. The Bertz CT molecular complexity index is 696. The van der Waals surface area contributed by atoms with Crippen LogP contribution in [0.5, 0.6) is 0 Å². The highest BCUT2D eigenvalue weighted by Crippen LogP contribution is 2.36. The molecule has 1 aromatic heterocycles. The number of rotatable bonds is 8. The molecule has 2 unspecified atom stereocenters. The summed E-state index contributed by atoms with van der Waals surface area (Å²) in [6, 6.07) is 2.70. The minimum absolute atomic E-state index is 0.397. The fourth-order valence-electron chi connectivity index (χ4n) is 3.99. The van der Waals surface area contributed by atoms with E-state index in [4.69, 9.17) is 4.98 Å². The molecule has 0 amide bonds. The van der Waals surface area contributed by atoms with E-state index in [1.807, 2.05) is 6.20 Å². The van der Waals surface area contributed by atoms with Crippen molar-refractivity contribution in [1.29, 1.82) is 0 Å². The number of allylic oxidation sites excluding steroid dienone is 4. The van der Waals surface area contributed by atoms with E-state index in [0.29, 0.717) is 12.0 Å². The summed E-state index contributed by atoms with van der Waals surface area (Å²) in [4.78, 5) is 4.77. The maximum atomic E-state index is 4.77. The SMILES string of the molecule is C=C(C)CC(C)CC(=C)C1=C(CCCC)NC(C)Cc2ncc(C)cc21. The zero-order chi connectivity index (χ0) is 19.3. The van der Waals surface area contributed by atoms with Crippen molar-refractivity contribution in [3.8, 4) is 0 Å². The number of pyridine rings is 1. The van der Waals surface area contributed by atoms with Gasteiger partial charge < -0.3 is 5.32 Å². The molecule has 2 rings (SSSR count). The Morgan fingerprint density at radius 2 is 2.08 bits per heavy atom. The molecule has 0 aromatic carbocycles. The minimum atomic E-state index is 0.397. The van der Waals surface area contributed by atoms with E-state index in [1.54, 1.807) is 0 Å². The molecule has 26 heavy (non-hydrogen) atoms. The van der Waals surface area contributed by atoms with Crippen molar-refractivity contribution >= 4 is 5.57 Å². The second-order valence-electron chi connectivity index (χ2n) is 8.29. The molecular formula is C24H36N2. The Morgan fingerprint density at radius 1 is 1.35 bits per heavy atom. The fourth-order valence-corrected chi connectivity index (χ4v) is 3.99. The summed E-state index contributed by atoms with van der Waals surface area (Å²) < 4.78 is 0. The molecule has 2 nitrogen and oxygen atoms in total. The van der Waals surface area contributed by atoms with Crippen molar-refractivity contribution in [2.45, 2.75) is 79.2 Å². The van der Waals surface area contributed by atoms with Crippen LogP contribution < -0.4 is 5.32 Å². The average Bonchev–Trinajstić information content (AvgIpc) is 2.67. The van der Waals surface area contributed by atoms with E-state index < -0.39 is 0 Å². The monoisotopic (exact) mass is 352 g/mol. The Balaban J connectivity index is 2.47. The maximum absolute atomic E-state index is 4.77. The van der Waals surface area contributed by atoms with Gasteiger partial charge in [-0.2, -0.15) is 0 Å². The molecule has 142 valence electrons. The van der Waals surface area contributed by atoms with Crippen molar-refractivity contribution in [2.75, 3.05) is 0 Å². The van der Waals surface area contributed by atoms with Crippen LogP contribution in [0, 0.1) is 12.8 Å². The average molecular weight is 353 g/mol. The molecule has 0 saturated carbocycles. The number of unbranched alkanes of at least 4 members (excludes halogenated alkanes) is 1. The van der Waals surface area contributed by atoms with E-state index in [9.17, 15) is 0 Å². The third kappa shape index (κ3) is 5.33. The second kappa shape index (κ2) is 9.21. The van der Waals surface area contributed by atoms with Crippen molar-refractivity contribution in [3.63, 3.8) is 0 Å². The van der Waals surface area contributed by atoms with Crippen LogP contribution in [-0.4, -0.2) is 11.0 Å². The van der Waals surface area contributed by atoms with E-state index in [-0.39, 0.29) is 0 Å². The zero-order valence-electron chi connectivity index (χ0n) is 17.4. The van der Waals surface area contributed by atoms with Crippen molar-refractivity contribution in [1.82, 2.24) is 10.3 Å². The van der Waals surface area contributed by atoms with E-state index in [1.165, 1.54) is 52.1 Å². The molecule has 2 atom stereocenters. The summed E-state index contributed by atoms with van der Waals surface area (Å²) in [7, 11) is 0. The first-order chi connectivity index (χ1) is 12.3. The van der Waals surface area contributed by atoms with Gasteiger partial charge in [0.25, 0.3) is 0 Å². The smallest absolute Gasteiger partial charge is 0.0503 e. The van der Waals surface area contributed by atoms with E-state index in [0.717, 1.165) is 25.7 Å². The summed E-state index contributed by atoms with van der Waals surface area (Å²) in [6.45, 7) is 19.7. The van der Waals surface area contributed by atoms with Crippen LogP contribution in [0.3, 0.4) is 0 Å². The van der Waals surface area contributed by atoms with Gasteiger partial charge in [0.2, 0.25) is 0 Å². The third-order valence-electron chi connectivity index (χ3n) is 5.02. The Kier molecular flexibility index (Phi) is 7.25. The number of hydrogen-bond acceptors (Lipinski definition) is 2. The van der Waals surface area contributed by atoms with Gasteiger partial charge in [-0.25, -0.2) is 0 Å². The molecule has 2 heteroatoms. The summed E-state index contributed by atoms with van der Waals surface area (Å²) >= 11 is 0. The normalized spacial score (nSPS) is 18.0. The first kappa shape index (κ1) is 20.5. The Morgan fingerprint density at radius 3 is 2.73 bits per heavy atom. The predicted octanol–water partition coefficient (Wildman–Crippen LogP) is 6.37. The summed E-state index contributed by atoms with van der Waals surface area (Å²) in [5, 5.41) is 3.79. The third-order valence-corrected chi connectivity index (χ3v) is 5.02. The molecule has 0 spiro atoms. The van der Waals surface area contributed by atoms with Gasteiger partial charge in [-0.3, -0.25) is 4.98 Å². The largest absolute Gasteiger partial charge is 0.385 e. The van der Waals surface area contributed by atoms with Gasteiger partial charge in [0.15, 0.2) is 0 Å². The van der Waals surface area contributed by atoms with E-state index in [2.05, 4.69) is 59.2 Å². The maximum Gasteiger partial charge on any atom is 0.0503 e. The molecule has 0 bridgehead atoms. The Hall–Kier alpha value is -1.83. The van der Waals surface area contributed by atoms with Crippen LogP contribution in [-0.2, 0) is 6.42 Å². The molecular weight excluding hydrogens is 316 g/mol. The highest BCUT2D eigenvalue weighted by atomic mass is 14.9. The summed E-state index contributed by atoms with van der Waals surface area (Å²) in [5.41, 5.74) is 8.87. The minimum Gasteiger partial charge on any atom is -0.385 e. The molecule has 1 aliphatic heterocycles. The lowest BCUT2D eigenvalue weighted by Crippen LogP contribution is -2.26. The molecule has 1 aromatic rings. The van der Waals surface area contributed by atoms with Crippen LogP contribution in [0.1, 0.15) is 76.6 Å². The standard InChI is InChI=1S/C24H36N2/c1-8-9-10-22-24(19(6)12-17(4)11-16(2)3)21-13-18(5)15-25-23(21)14-20(7)26-22/h13,15,17,20,26H,2,6,8-12,14H2,1,3-5,7H3. The first-order valence-electron chi connectivity index (χ1n) is 10.1. The number of fused-ring (bicyclic) bond motifs is 1. The fraction of sp³-hybridized carbons (Fsp3) is 0.542. The van der Waals surface area contributed by atoms with Gasteiger partial charge >= 0.3 is 0 Å². The van der Waals surface area contributed by atoms with Gasteiger partial charge in [0.05, 0.1) is 5.69 Å². The Labute approximate surface area is 160 Å². The molecule has 1 N–H and O–H groups in total. The van der Waals surface area contributed by atoms with Gasteiger partial charge in [-0.05, 0) is 69.6 Å². The topological polar surface area (TPSA) is 24.9 Å². The highest BCUT2D eigenvalue weighted by molar-refractivity contribution is 5.82. The molecule has 0 radical (unpaired) electrons. The number of nitrogens with zero attached hydrogens (tertiary/aromatic N) is 1. The quantitative estimate of drug-likeness (QED) is 0.549. The lowest BCUT2D eigenvalue weighted by molar-refractivity contribution is 0.574. The van der Waals surface area contributed by atoms with Crippen molar-refractivity contribution in [2.24, 2.45) is 5.92 Å². The van der Waals surface area contributed by atoms with Crippen LogP contribution in [0.15, 0.2) is 42.3 Å². The predicted molar refractivity (Wildman–Crippen MR) is 114 cm³/mol. The van der Waals surface area contributed by atoms with Crippen LogP contribution in [0.2, 0.25) is 0 Å². The molecule has 1 aliphatic rings. The van der Waals surface area contributed by atoms with E-state index >= 15 is 0 Å². The lowest BCUT2D eigenvalue weighted by Gasteiger charge is -2.21. The van der Waals surface area contributed by atoms with Crippen LogP contribution >= 0.6 is 0 Å². The molecule has 0 saturated heterocycles. The molecule has 0 aliphatic carbocycles. The van der Waals surface area contributed by atoms with Gasteiger partial charge in [-0.1, -0.05) is 32.4 Å². The zero-order valence-corrected chi connectivity index (χ0v) is 17.4. The van der Waals surface area contributed by atoms with Crippen LogP contribution in [0.4, 0.5) is 0 Å². The first-order valence-corrected chi connectivity index (χ1v) is 10.1. The van der Waals surface area contributed by atoms with Gasteiger partial charge in [-0.15, -0.1) is 6.58 Å². The van der Waals surface area contributed by atoms with Crippen molar-refractivity contribution < 1.29 is 0 Å². The number of hydrogen-bond donors (Lipinski definition) is 1. The van der Waals surface area contributed by atoms with Crippen LogP contribution in [0.25, 0.3) is 5.57 Å². The lowest BCUT2D eigenvalue weighted by atomic mass is 9.86. The van der Waals surface area contributed by atoms with Gasteiger partial charge in [0.1, 0.15) is 0 Å². The molecule has 0 fully saturated rings. The second-order valence-corrected chi connectivity index (χ2v) is 8.29. The summed E-state index contributed by atoms with van der Waals surface area (Å²) in [5.74, 6) is 0.557. The highest BCUT2D eigenvalue weighted by Gasteiger charge is 2.24. The van der Waals surface area contributed by atoms with Gasteiger partial charge in [0, 0.05) is 35.5 Å². The molecule has 2 heterocycles. The number of nitrogens with one attached hydrogen (secondary N) is 1.